The molecule has 2 rings (SSSR count). The second kappa shape index (κ2) is 70.5. The lowest BCUT2D eigenvalue weighted by atomic mass is 10.0. The van der Waals surface area contributed by atoms with Gasteiger partial charge < -0.3 is 173 Å². The number of guanidine groups is 6. The number of aromatic hydroxyl groups is 1. The molecule has 2 aromatic carbocycles. The lowest BCUT2D eigenvalue weighted by Gasteiger charge is -2.29. The first-order chi connectivity index (χ1) is 69.8. The van der Waals surface area contributed by atoms with E-state index in [0.29, 0.717) is 17.5 Å². The van der Waals surface area contributed by atoms with Crippen molar-refractivity contribution in [1.29, 1.82) is 32.5 Å². The fraction of sp³-hybridized carbons (Fsp3) is 0.591. The molecule has 0 aliphatic carbocycles. The average Bonchev–Trinajstić information content (AvgIpc) is 0.847. The van der Waals surface area contributed by atoms with Crippen molar-refractivity contribution in [2.45, 2.75) is 228 Å². The van der Waals surface area contributed by atoms with Crippen LogP contribution in [0.2, 0.25) is 0 Å². The van der Waals surface area contributed by atoms with Crippen LogP contribution in [0.5, 0.6) is 5.75 Å². The molecule has 0 saturated heterocycles. The summed E-state index contributed by atoms with van der Waals surface area (Å²) in [7, 11) is 0. The molecule has 0 radical (unpaired) electrons. The number of carboxylic acids is 1. The maximum absolute atomic E-state index is 15.1. The molecule has 15 atom stereocenters. The number of thiol groups is 4. The molecule has 0 bridgehead atoms. The molecule has 148 heavy (non-hydrogen) atoms. The lowest BCUT2D eigenvalue weighted by Crippen LogP contribution is -2.62. The zero-order chi connectivity index (χ0) is 111. The normalized spacial score (nSPS) is 14.0. The van der Waals surface area contributed by atoms with Gasteiger partial charge in [0.2, 0.25) is 100 Å². The standard InChI is InChI=1S/C88H150N36O20S4/c1-44(2)34-56(116-69(130)51(19-11-29-103-84(92)93)111-64(127)38-108-63(126)37-109-68(129)50(89)18-10-28-102-83(90)91)73(134)119-60(41-146)77(138)118-58(36-48-24-26-49(125)27-25-48)75(136)120-59(40-145)76(137)115-53(21-13-31-105-86(96)97)71(132)113-52(20-12-30-104-85(94)95)70(131)114-54(22-14-32-106-87(98)99)72(133)117-57(35-47-16-8-7-9-17-47)74(135)121-61(42-147)78(139)124-67(46(5)6)81(142)122-62(43-148)79(140)123-66(45(3)4)80(141)110-39-65(128)112-55(82(143)144)23-15-33-107-88(100)101/h7-9,16-17,24-27,44-46,50-62,66-67,125,145-148H,10-15,18-23,28-43,89H2,1-6H3,(H,108,126)(H,109,129)(H,110,141)(H,111,127)(H,112,128)(H,113,132)(H,114,131)(H,115,137)(H,116,130)(H,117,133)(H,118,138)(H,119,134)(H,120,136)(H,121,135)(H,122,142)(H,123,140)(H,124,139)(H,143,144)(H4,90,91,102)(H4,92,93,103)(H4,94,95,104)(H4,96,97,105)(H4,98,99,106)(H4,100,101,107)/t50-,51-,52-,53-,54-,55-,56-,57-,58-,59-,60-,61-,62-,66-,67-/m0/s1. The Bertz CT molecular complexity index is 4790. The smallest absolute Gasteiger partial charge is 0.326 e. The number of benzene rings is 2. The van der Waals surface area contributed by atoms with E-state index in [4.69, 9.17) is 72.6 Å². The van der Waals surface area contributed by atoms with Gasteiger partial charge in [0.15, 0.2) is 35.8 Å². The fourth-order valence-corrected chi connectivity index (χ4v) is 14.9. The number of carbonyl (C=O) groups is 18. The van der Waals surface area contributed by atoms with Crippen molar-refractivity contribution in [3.05, 3.63) is 65.7 Å². The largest absolute Gasteiger partial charge is 0.508 e. The molecule has 0 saturated carbocycles. The molecule has 2 aromatic rings. The van der Waals surface area contributed by atoms with E-state index < -0.39 is 270 Å². The third-order valence-electron chi connectivity index (χ3n) is 21.8. The van der Waals surface area contributed by atoms with Gasteiger partial charge in [-0.05, 0) is 124 Å². The molecule has 0 fully saturated rings. The summed E-state index contributed by atoms with van der Waals surface area (Å²) in [6.45, 7) is 7.95. The maximum Gasteiger partial charge on any atom is 0.326 e. The number of nitrogens with one attached hydrogen (secondary N) is 29. The van der Waals surface area contributed by atoms with Crippen molar-refractivity contribution in [2.24, 2.45) is 57.9 Å². The van der Waals surface area contributed by atoms with Gasteiger partial charge in [-0.25, -0.2) is 4.79 Å². The first-order valence-electron chi connectivity index (χ1n) is 47.6. The number of hydrogen-bond acceptors (Lipinski definition) is 30. The van der Waals surface area contributed by atoms with E-state index in [9.17, 15) is 82.1 Å². The predicted molar refractivity (Wildman–Crippen MR) is 563 cm³/mol. The van der Waals surface area contributed by atoms with Gasteiger partial charge >= 0.3 is 5.97 Å². The van der Waals surface area contributed by atoms with Crippen LogP contribution in [0.25, 0.3) is 0 Å². The lowest BCUT2D eigenvalue weighted by molar-refractivity contribution is -0.142. The Morgan fingerprint density at radius 2 is 0.541 bits per heavy atom. The summed E-state index contributed by atoms with van der Waals surface area (Å²) in [4.78, 5) is 252. The van der Waals surface area contributed by atoms with Crippen molar-refractivity contribution in [2.75, 3.05) is 81.9 Å². The molecular formula is C88H150N36O20S4. The molecule has 0 heterocycles. The Morgan fingerprint density at radius 3 is 0.878 bits per heavy atom. The number of phenolic OH excluding ortho intramolecular Hbond substituents is 1. The second-order valence-corrected chi connectivity index (χ2v) is 36.7. The molecule has 0 aliphatic heterocycles. The summed E-state index contributed by atoms with van der Waals surface area (Å²) >= 11 is 17.4. The van der Waals surface area contributed by atoms with Crippen molar-refractivity contribution in [3.8, 4) is 5.75 Å². The molecule has 17 amide bonds. The first-order valence-corrected chi connectivity index (χ1v) is 50.1. The number of phenols is 1. The summed E-state index contributed by atoms with van der Waals surface area (Å²) in [5.41, 5.74) is 39.5. The number of aliphatic carboxylic acids is 1. The Labute approximate surface area is 878 Å². The van der Waals surface area contributed by atoms with E-state index >= 15 is 14.4 Å². The Kier molecular flexibility index (Phi) is 61.8. The minimum absolute atomic E-state index is 0.0188. The first kappa shape index (κ1) is 130. The third kappa shape index (κ3) is 53.7. The Balaban J connectivity index is 2.60. The Hall–Kier alpha value is -14.3. The van der Waals surface area contributed by atoms with Gasteiger partial charge in [-0.15, -0.1) is 0 Å². The van der Waals surface area contributed by atoms with Crippen molar-refractivity contribution in [1.82, 2.24) is 122 Å². The summed E-state index contributed by atoms with van der Waals surface area (Å²) in [5.74, 6) is -23.5. The number of rotatable bonds is 71. The molecule has 45 N–H and O–H groups in total. The summed E-state index contributed by atoms with van der Waals surface area (Å²) in [6, 6.07) is -8.91. The minimum Gasteiger partial charge on any atom is -0.508 e. The highest BCUT2D eigenvalue weighted by atomic mass is 32.1. The molecule has 60 heteroatoms. The van der Waals surface area contributed by atoms with Crippen molar-refractivity contribution in [3.63, 3.8) is 0 Å². The topological polar surface area (TPSA) is 950 Å². The van der Waals surface area contributed by atoms with Crippen LogP contribution in [-0.2, 0) is 99.1 Å². The van der Waals surface area contributed by atoms with Crippen LogP contribution in [0.15, 0.2) is 54.6 Å². The van der Waals surface area contributed by atoms with Crippen LogP contribution >= 0.6 is 50.5 Å². The van der Waals surface area contributed by atoms with Crippen LogP contribution in [0.4, 0.5) is 0 Å². The van der Waals surface area contributed by atoms with E-state index in [1.807, 2.05) is 0 Å². The van der Waals surface area contributed by atoms with Gasteiger partial charge in [0, 0.05) is 75.1 Å². The quantitative estimate of drug-likeness (QED) is 0.0127. The highest BCUT2D eigenvalue weighted by Gasteiger charge is 2.40. The van der Waals surface area contributed by atoms with Gasteiger partial charge in [-0.1, -0.05) is 84.0 Å². The van der Waals surface area contributed by atoms with Crippen LogP contribution in [0.1, 0.15) is 136 Å². The van der Waals surface area contributed by atoms with Gasteiger partial charge in [0.25, 0.3) is 0 Å². The number of nitrogens with two attached hydrogens (primary N) is 7. The number of hydrogen-bond donors (Lipinski definition) is 42. The fourth-order valence-electron chi connectivity index (χ4n) is 13.9. The Morgan fingerprint density at radius 1 is 0.284 bits per heavy atom. The van der Waals surface area contributed by atoms with Crippen molar-refractivity contribution < 1.29 is 96.5 Å². The van der Waals surface area contributed by atoms with E-state index in [2.05, 4.69) is 173 Å². The average molecular weight is 2160 g/mol. The predicted octanol–water partition coefficient (Wildman–Crippen LogP) is -10.6. The highest BCUT2D eigenvalue weighted by Crippen LogP contribution is 2.17. The number of amides is 17. The molecule has 0 unspecified atom stereocenters. The third-order valence-corrected chi connectivity index (χ3v) is 23.2. The van der Waals surface area contributed by atoms with Gasteiger partial charge in [-0.2, -0.15) is 50.5 Å². The van der Waals surface area contributed by atoms with Crippen molar-refractivity contribution >= 4 is 193 Å². The molecule has 0 aromatic heterocycles. The SMILES string of the molecule is CC(C)C[C@H](NC(=O)[C@H](CCCNC(=N)N)NC(=O)CNC(=O)CNC(=O)[C@@H](N)CCCNC(=N)N)C(=O)N[C@@H](CS)C(=O)N[C@@H](Cc1ccc(O)cc1)C(=O)N[C@@H](CS)C(=O)N[C@@H](CCCNC(=N)N)C(=O)N[C@@H](CCCNC(=N)N)C(=O)N[C@@H](CCCNC(=N)N)C(=O)N[C@@H](Cc1ccccc1)C(=O)N[C@@H](CS)C(=O)N[C@H](C(=O)N[C@@H](CS)C(=O)N[C@H](C(=O)NCC(=O)N[C@@H](CCCNC(=N)N)C(=O)O)C(C)C)C(C)C. The minimum atomic E-state index is -1.68. The van der Waals surface area contributed by atoms with E-state index in [1.165, 1.54) is 24.3 Å². The van der Waals surface area contributed by atoms with Gasteiger partial charge in [0.05, 0.1) is 25.7 Å². The highest BCUT2D eigenvalue weighted by molar-refractivity contribution is 7.80. The van der Waals surface area contributed by atoms with Crippen LogP contribution in [0, 0.1) is 50.2 Å². The van der Waals surface area contributed by atoms with E-state index in [0.717, 1.165) is 0 Å². The second-order valence-electron chi connectivity index (χ2n) is 35.3. The zero-order valence-corrected chi connectivity index (χ0v) is 87.0. The van der Waals surface area contributed by atoms with Crippen LogP contribution in [-0.4, -0.2) is 325 Å². The van der Waals surface area contributed by atoms with Crippen LogP contribution in [0.3, 0.4) is 0 Å². The maximum atomic E-state index is 15.1. The summed E-state index contributed by atoms with van der Waals surface area (Å²) < 4.78 is 0. The number of carboxylic acid groups (broad SMARTS) is 1. The summed E-state index contributed by atoms with van der Waals surface area (Å²) in [5, 5.41) is 124. The molecular weight excluding hydrogens is 2010 g/mol. The monoisotopic (exact) mass is 2160 g/mol. The van der Waals surface area contributed by atoms with E-state index in [1.54, 1.807) is 71.9 Å². The molecule has 0 aliphatic rings. The zero-order valence-electron chi connectivity index (χ0n) is 83.5. The van der Waals surface area contributed by atoms with E-state index in [-0.39, 0.29) is 158 Å². The molecule has 0 spiro atoms. The van der Waals surface area contributed by atoms with Crippen LogP contribution < -0.4 is 162 Å². The number of carbonyl (C=O) groups excluding carboxylic acids is 17. The molecule has 56 nitrogen and oxygen atoms in total. The molecule has 826 valence electrons. The van der Waals surface area contributed by atoms with Gasteiger partial charge in [0.1, 0.15) is 90.3 Å². The van der Waals surface area contributed by atoms with Gasteiger partial charge in [-0.3, -0.25) is 114 Å². The summed E-state index contributed by atoms with van der Waals surface area (Å²) in [6.07, 6.45) is -0.975.